The summed E-state index contributed by atoms with van der Waals surface area (Å²) in [5, 5.41) is 0. The lowest BCUT2D eigenvalue weighted by Crippen LogP contribution is -2.45. The van der Waals surface area contributed by atoms with Gasteiger partial charge in [-0.25, -0.2) is 8.42 Å². The quantitative estimate of drug-likeness (QED) is 0.901. The fourth-order valence-corrected chi connectivity index (χ4v) is 4.19. The molecule has 0 amide bonds. The third-order valence-electron chi connectivity index (χ3n) is 3.28. The van der Waals surface area contributed by atoms with Gasteiger partial charge in [-0.3, -0.25) is 0 Å². The predicted octanol–water partition coefficient (Wildman–Crippen LogP) is 1.44. The molecular formula is C13H19NO3S. The second kappa shape index (κ2) is 4.64. The number of fused-ring (bicyclic) bond motifs is 1. The first-order valence-electron chi connectivity index (χ1n) is 6.11. The van der Waals surface area contributed by atoms with Crippen molar-refractivity contribution < 1.29 is 13.2 Å². The second-order valence-corrected chi connectivity index (χ2v) is 7.01. The van der Waals surface area contributed by atoms with Gasteiger partial charge < -0.3 is 10.5 Å². The summed E-state index contributed by atoms with van der Waals surface area (Å²) in [7, 11) is -3.19. The lowest BCUT2D eigenvalue weighted by atomic mass is 9.90. The molecule has 0 aromatic heterocycles. The fourth-order valence-electron chi connectivity index (χ4n) is 2.49. The van der Waals surface area contributed by atoms with Crippen molar-refractivity contribution >= 4 is 9.84 Å². The highest BCUT2D eigenvalue weighted by atomic mass is 32.2. The second-order valence-electron chi connectivity index (χ2n) is 4.93. The molecule has 1 aromatic rings. The van der Waals surface area contributed by atoms with Crippen LogP contribution in [0.4, 0.5) is 0 Å². The first kappa shape index (κ1) is 13.5. The van der Waals surface area contributed by atoms with E-state index in [2.05, 4.69) is 0 Å². The first-order chi connectivity index (χ1) is 8.41. The van der Waals surface area contributed by atoms with Crippen LogP contribution in [0.2, 0.25) is 0 Å². The molecule has 100 valence electrons. The van der Waals surface area contributed by atoms with E-state index in [9.17, 15) is 8.42 Å². The van der Waals surface area contributed by atoms with Crippen molar-refractivity contribution in [3.05, 3.63) is 29.8 Å². The van der Waals surface area contributed by atoms with Gasteiger partial charge in [0.1, 0.15) is 5.60 Å². The Kier molecular flexibility index (Phi) is 3.49. The van der Waals surface area contributed by atoms with E-state index in [0.29, 0.717) is 16.9 Å². The summed E-state index contributed by atoms with van der Waals surface area (Å²) in [6, 6.07) is 7.01. The molecule has 0 spiro atoms. The smallest absolute Gasteiger partial charge is 0.178 e. The van der Waals surface area contributed by atoms with E-state index < -0.39 is 15.4 Å². The van der Waals surface area contributed by atoms with E-state index in [0.717, 1.165) is 0 Å². The van der Waals surface area contributed by atoms with Crippen molar-refractivity contribution in [2.75, 3.05) is 12.3 Å². The average Bonchev–Trinajstić information content (AvgIpc) is 2.33. The molecule has 0 radical (unpaired) electrons. The van der Waals surface area contributed by atoms with Gasteiger partial charge in [0.05, 0.1) is 16.8 Å². The standard InChI is InChI=1S/C13H19NO3S/c1-10(2)17-13(9-14)7-8-18(15,16)12-6-4-3-5-11(12)13/h3-6,10H,7-9,14H2,1-2H3. The molecule has 0 saturated heterocycles. The van der Waals surface area contributed by atoms with Crippen molar-refractivity contribution in [2.24, 2.45) is 5.73 Å². The van der Waals surface area contributed by atoms with Gasteiger partial charge in [-0.1, -0.05) is 18.2 Å². The molecule has 0 saturated carbocycles. The van der Waals surface area contributed by atoms with E-state index in [-0.39, 0.29) is 18.4 Å². The number of rotatable bonds is 3. The topological polar surface area (TPSA) is 69.4 Å². The van der Waals surface area contributed by atoms with Gasteiger partial charge in [-0.05, 0) is 26.3 Å². The molecule has 1 aliphatic rings. The Morgan fingerprint density at radius 3 is 2.67 bits per heavy atom. The summed E-state index contributed by atoms with van der Waals surface area (Å²) in [6.45, 7) is 4.16. The monoisotopic (exact) mass is 269 g/mol. The van der Waals surface area contributed by atoms with Crippen molar-refractivity contribution in [3.8, 4) is 0 Å². The maximum atomic E-state index is 12.1. The van der Waals surface area contributed by atoms with E-state index in [1.807, 2.05) is 19.9 Å². The molecule has 1 aromatic carbocycles. The molecule has 0 aliphatic carbocycles. The van der Waals surface area contributed by atoms with Gasteiger partial charge in [-0.2, -0.15) is 0 Å². The summed E-state index contributed by atoms with van der Waals surface area (Å²) < 4.78 is 30.1. The molecular weight excluding hydrogens is 250 g/mol. The maximum absolute atomic E-state index is 12.1. The summed E-state index contributed by atoms with van der Waals surface area (Å²) in [6.07, 6.45) is 0.420. The van der Waals surface area contributed by atoms with Crippen molar-refractivity contribution in [3.63, 3.8) is 0 Å². The molecule has 1 aliphatic heterocycles. The minimum atomic E-state index is -3.19. The third kappa shape index (κ3) is 2.18. The number of sulfone groups is 1. The fraction of sp³-hybridized carbons (Fsp3) is 0.538. The van der Waals surface area contributed by atoms with E-state index >= 15 is 0 Å². The molecule has 0 bridgehead atoms. The molecule has 0 fully saturated rings. The van der Waals surface area contributed by atoms with E-state index in [1.54, 1.807) is 18.2 Å². The van der Waals surface area contributed by atoms with E-state index in [1.165, 1.54) is 0 Å². The lowest BCUT2D eigenvalue weighted by molar-refractivity contribution is -0.0844. The minimum Gasteiger partial charge on any atom is -0.366 e. The molecule has 18 heavy (non-hydrogen) atoms. The Morgan fingerprint density at radius 1 is 1.39 bits per heavy atom. The van der Waals surface area contributed by atoms with Crippen LogP contribution in [0.15, 0.2) is 29.2 Å². The highest BCUT2D eigenvalue weighted by Crippen LogP contribution is 2.39. The number of hydrogen-bond donors (Lipinski definition) is 1. The van der Waals surface area contributed by atoms with Crippen molar-refractivity contribution in [1.29, 1.82) is 0 Å². The first-order valence-corrected chi connectivity index (χ1v) is 7.77. The molecule has 1 heterocycles. The number of hydrogen-bond acceptors (Lipinski definition) is 4. The Labute approximate surface area is 108 Å². The summed E-state index contributed by atoms with van der Waals surface area (Å²) in [4.78, 5) is 0.363. The molecule has 4 nitrogen and oxygen atoms in total. The minimum absolute atomic E-state index is 0.00223. The van der Waals surface area contributed by atoms with Crippen LogP contribution in [-0.2, 0) is 20.2 Å². The molecule has 1 unspecified atom stereocenters. The van der Waals surface area contributed by atoms with Crippen LogP contribution < -0.4 is 5.73 Å². The molecule has 5 heteroatoms. The summed E-state index contributed by atoms with van der Waals surface area (Å²) in [5.74, 6) is 0.0912. The SMILES string of the molecule is CC(C)OC1(CN)CCS(=O)(=O)c2ccccc21. The van der Waals surface area contributed by atoms with Gasteiger partial charge >= 0.3 is 0 Å². The largest absolute Gasteiger partial charge is 0.366 e. The Morgan fingerprint density at radius 2 is 2.06 bits per heavy atom. The Hall–Kier alpha value is -0.910. The highest BCUT2D eigenvalue weighted by molar-refractivity contribution is 7.91. The summed E-state index contributed by atoms with van der Waals surface area (Å²) in [5.41, 5.74) is 5.90. The number of nitrogens with two attached hydrogens (primary N) is 1. The maximum Gasteiger partial charge on any atom is 0.178 e. The molecule has 1 atom stereocenters. The third-order valence-corrected chi connectivity index (χ3v) is 5.05. The van der Waals surface area contributed by atoms with E-state index in [4.69, 9.17) is 10.5 Å². The highest BCUT2D eigenvalue weighted by Gasteiger charge is 2.42. The van der Waals surface area contributed by atoms with Crippen LogP contribution in [-0.4, -0.2) is 26.8 Å². The van der Waals surface area contributed by atoms with Crippen molar-refractivity contribution in [2.45, 2.75) is 36.9 Å². The Balaban J connectivity index is 2.59. The molecule has 2 N–H and O–H groups in total. The van der Waals surface area contributed by atoms with Crippen molar-refractivity contribution in [1.82, 2.24) is 0 Å². The van der Waals surface area contributed by atoms with Crippen LogP contribution in [0.5, 0.6) is 0 Å². The van der Waals surface area contributed by atoms with Gasteiger partial charge in [-0.15, -0.1) is 0 Å². The van der Waals surface area contributed by atoms with Gasteiger partial charge in [0.15, 0.2) is 9.84 Å². The average molecular weight is 269 g/mol. The lowest BCUT2D eigenvalue weighted by Gasteiger charge is -2.39. The van der Waals surface area contributed by atoms with Crippen LogP contribution in [0.25, 0.3) is 0 Å². The van der Waals surface area contributed by atoms with Gasteiger partial charge in [0, 0.05) is 12.1 Å². The van der Waals surface area contributed by atoms with Crippen LogP contribution >= 0.6 is 0 Å². The zero-order valence-electron chi connectivity index (χ0n) is 10.7. The Bertz CT molecular complexity index is 539. The predicted molar refractivity (Wildman–Crippen MR) is 70.1 cm³/mol. The number of ether oxygens (including phenoxy) is 1. The molecule has 2 rings (SSSR count). The zero-order valence-corrected chi connectivity index (χ0v) is 11.5. The van der Waals surface area contributed by atoms with Gasteiger partial charge in [0.25, 0.3) is 0 Å². The van der Waals surface area contributed by atoms with Gasteiger partial charge in [0.2, 0.25) is 0 Å². The zero-order chi connectivity index (χ0) is 13.4. The van der Waals surface area contributed by atoms with Crippen LogP contribution in [0, 0.1) is 0 Å². The van der Waals surface area contributed by atoms with Crippen LogP contribution in [0.1, 0.15) is 25.8 Å². The van der Waals surface area contributed by atoms with Crippen LogP contribution in [0.3, 0.4) is 0 Å². The normalized spacial score (nSPS) is 26.0. The number of benzene rings is 1. The summed E-state index contributed by atoms with van der Waals surface area (Å²) >= 11 is 0.